The maximum Gasteiger partial charge on any atom is 0.313 e. The standard InChI is InChI=1S/C15H21ClN2O3/c1-4-10(2)15(3,21)9-17-13(19)14(20)18-12-7-5-11(16)6-8-12/h5-8,10,21H,4,9H2,1-3H3,(H,17,19)(H,18,20)/t10-,15-/m1/s1. The van der Waals surface area contributed by atoms with E-state index < -0.39 is 17.4 Å². The lowest BCUT2D eigenvalue weighted by molar-refractivity contribution is -0.137. The zero-order valence-electron chi connectivity index (χ0n) is 12.4. The smallest absolute Gasteiger partial charge is 0.313 e. The van der Waals surface area contributed by atoms with Crippen LogP contribution in [0.2, 0.25) is 5.02 Å². The summed E-state index contributed by atoms with van der Waals surface area (Å²) in [6, 6.07) is 6.43. The van der Waals surface area contributed by atoms with Crippen LogP contribution in [-0.2, 0) is 9.59 Å². The van der Waals surface area contributed by atoms with Gasteiger partial charge in [0.25, 0.3) is 0 Å². The summed E-state index contributed by atoms with van der Waals surface area (Å²) in [5.41, 5.74) is -0.571. The number of amides is 2. The van der Waals surface area contributed by atoms with Gasteiger partial charge in [0.1, 0.15) is 0 Å². The van der Waals surface area contributed by atoms with E-state index >= 15 is 0 Å². The zero-order valence-corrected chi connectivity index (χ0v) is 13.2. The molecule has 0 aromatic heterocycles. The number of halogens is 1. The first-order valence-electron chi connectivity index (χ1n) is 6.83. The van der Waals surface area contributed by atoms with Gasteiger partial charge < -0.3 is 15.7 Å². The lowest BCUT2D eigenvalue weighted by Crippen LogP contribution is -2.47. The van der Waals surface area contributed by atoms with E-state index in [-0.39, 0.29) is 12.5 Å². The van der Waals surface area contributed by atoms with E-state index in [1.54, 1.807) is 31.2 Å². The third-order valence-electron chi connectivity index (χ3n) is 3.59. The molecule has 0 unspecified atom stereocenters. The van der Waals surface area contributed by atoms with E-state index in [0.29, 0.717) is 10.7 Å². The second kappa shape index (κ2) is 7.43. The third-order valence-corrected chi connectivity index (χ3v) is 3.84. The highest BCUT2D eigenvalue weighted by atomic mass is 35.5. The van der Waals surface area contributed by atoms with Gasteiger partial charge in [-0.05, 0) is 37.1 Å². The summed E-state index contributed by atoms with van der Waals surface area (Å²) in [6.45, 7) is 5.50. The summed E-state index contributed by atoms with van der Waals surface area (Å²) in [5.74, 6) is -1.55. The van der Waals surface area contributed by atoms with E-state index in [1.807, 2.05) is 13.8 Å². The molecule has 2 amide bonds. The summed E-state index contributed by atoms with van der Waals surface area (Å²) >= 11 is 5.73. The van der Waals surface area contributed by atoms with Gasteiger partial charge in [0.15, 0.2) is 0 Å². The summed E-state index contributed by atoms with van der Waals surface area (Å²) in [6.07, 6.45) is 0.778. The predicted molar refractivity (Wildman–Crippen MR) is 83.2 cm³/mol. The van der Waals surface area contributed by atoms with Gasteiger partial charge >= 0.3 is 11.8 Å². The molecule has 0 bridgehead atoms. The Hall–Kier alpha value is -1.59. The zero-order chi connectivity index (χ0) is 16.0. The molecule has 0 saturated heterocycles. The molecule has 0 radical (unpaired) electrons. The van der Waals surface area contributed by atoms with Crippen LogP contribution in [0.1, 0.15) is 27.2 Å². The fraction of sp³-hybridized carbons (Fsp3) is 0.467. The van der Waals surface area contributed by atoms with Crippen LogP contribution in [0.3, 0.4) is 0 Å². The molecule has 3 N–H and O–H groups in total. The molecule has 2 atom stereocenters. The highest BCUT2D eigenvalue weighted by Gasteiger charge is 2.28. The predicted octanol–water partition coefficient (Wildman–Crippen LogP) is 2.19. The molecule has 0 aliphatic heterocycles. The van der Waals surface area contributed by atoms with Gasteiger partial charge in [0.05, 0.1) is 5.60 Å². The number of benzene rings is 1. The maximum atomic E-state index is 11.7. The largest absolute Gasteiger partial charge is 0.388 e. The lowest BCUT2D eigenvalue weighted by Gasteiger charge is -2.29. The van der Waals surface area contributed by atoms with Crippen LogP contribution in [0.15, 0.2) is 24.3 Å². The SMILES string of the molecule is CC[C@@H](C)[C@](C)(O)CNC(=O)C(=O)Nc1ccc(Cl)cc1. The van der Waals surface area contributed by atoms with Crippen molar-refractivity contribution in [2.75, 3.05) is 11.9 Å². The van der Waals surface area contributed by atoms with Crippen molar-refractivity contribution in [1.82, 2.24) is 5.32 Å². The Kier molecular flexibility index (Phi) is 6.18. The van der Waals surface area contributed by atoms with Crippen molar-refractivity contribution in [3.05, 3.63) is 29.3 Å². The first-order chi connectivity index (χ1) is 9.76. The number of nitrogens with one attached hydrogen (secondary N) is 2. The average Bonchev–Trinajstić information content (AvgIpc) is 2.46. The first kappa shape index (κ1) is 17.5. The molecular weight excluding hydrogens is 292 g/mol. The third kappa shape index (κ3) is 5.36. The van der Waals surface area contributed by atoms with Crippen LogP contribution >= 0.6 is 11.6 Å². The van der Waals surface area contributed by atoms with Gasteiger partial charge in [-0.1, -0.05) is 31.9 Å². The minimum absolute atomic E-state index is 0.0112. The Morgan fingerprint density at radius 3 is 2.38 bits per heavy atom. The van der Waals surface area contributed by atoms with Crippen molar-refractivity contribution in [3.63, 3.8) is 0 Å². The van der Waals surface area contributed by atoms with Crippen molar-refractivity contribution in [3.8, 4) is 0 Å². The number of anilines is 1. The van der Waals surface area contributed by atoms with Crippen LogP contribution in [0.25, 0.3) is 0 Å². The van der Waals surface area contributed by atoms with Crippen LogP contribution in [0, 0.1) is 5.92 Å². The molecule has 1 aromatic rings. The Bertz CT molecular complexity index is 500. The van der Waals surface area contributed by atoms with E-state index in [2.05, 4.69) is 10.6 Å². The number of carbonyl (C=O) groups excluding carboxylic acids is 2. The molecule has 0 saturated carbocycles. The molecule has 0 spiro atoms. The molecule has 6 heteroatoms. The second-order valence-electron chi connectivity index (χ2n) is 5.31. The molecule has 0 heterocycles. The van der Waals surface area contributed by atoms with Gasteiger partial charge in [-0.25, -0.2) is 0 Å². The van der Waals surface area contributed by atoms with Crippen LogP contribution in [0.4, 0.5) is 5.69 Å². The highest BCUT2D eigenvalue weighted by Crippen LogP contribution is 2.18. The fourth-order valence-electron chi connectivity index (χ4n) is 1.67. The molecule has 5 nitrogen and oxygen atoms in total. The average molecular weight is 313 g/mol. The Labute approximate surface area is 129 Å². The number of hydrogen-bond donors (Lipinski definition) is 3. The topological polar surface area (TPSA) is 78.4 Å². The van der Waals surface area contributed by atoms with E-state index in [4.69, 9.17) is 11.6 Å². The molecule has 0 aliphatic rings. The molecule has 21 heavy (non-hydrogen) atoms. The summed E-state index contributed by atoms with van der Waals surface area (Å²) < 4.78 is 0. The van der Waals surface area contributed by atoms with Crippen molar-refractivity contribution < 1.29 is 14.7 Å². The first-order valence-corrected chi connectivity index (χ1v) is 7.21. The van der Waals surface area contributed by atoms with Gasteiger partial charge in [0, 0.05) is 17.3 Å². The fourth-order valence-corrected chi connectivity index (χ4v) is 1.80. The minimum atomic E-state index is -1.05. The molecule has 0 fully saturated rings. The Morgan fingerprint density at radius 1 is 1.29 bits per heavy atom. The van der Waals surface area contributed by atoms with E-state index in [0.717, 1.165) is 6.42 Å². The number of aliphatic hydroxyl groups is 1. The molecule has 1 aromatic carbocycles. The normalized spacial score (nSPS) is 14.9. The summed E-state index contributed by atoms with van der Waals surface area (Å²) in [7, 11) is 0. The van der Waals surface area contributed by atoms with Crippen molar-refractivity contribution in [1.29, 1.82) is 0 Å². The monoisotopic (exact) mass is 312 g/mol. The van der Waals surface area contributed by atoms with E-state index in [9.17, 15) is 14.7 Å². The number of rotatable bonds is 5. The quantitative estimate of drug-likeness (QED) is 0.729. The second-order valence-corrected chi connectivity index (χ2v) is 5.75. The number of carbonyl (C=O) groups is 2. The Balaban J connectivity index is 2.52. The Morgan fingerprint density at radius 2 is 1.86 bits per heavy atom. The van der Waals surface area contributed by atoms with Gasteiger partial charge in [-0.2, -0.15) is 0 Å². The van der Waals surface area contributed by atoms with Crippen LogP contribution in [-0.4, -0.2) is 29.1 Å². The summed E-state index contributed by atoms with van der Waals surface area (Å²) in [4.78, 5) is 23.4. The number of hydrogen-bond acceptors (Lipinski definition) is 3. The van der Waals surface area contributed by atoms with Gasteiger partial charge in [0.2, 0.25) is 0 Å². The minimum Gasteiger partial charge on any atom is -0.388 e. The maximum absolute atomic E-state index is 11.7. The molecule has 0 aliphatic carbocycles. The van der Waals surface area contributed by atoms with Gasteiger partial charge in [-0.3, -0.25) is 9.59 Å². The van der Waals surface area contributed by atoms with Crippen LogP contribution in [0.5, 0.6) is 0 Å². The molecule has 1 rings (SSSR count). The van der Waals surface area contributed by atoms with E-state index in [1.165, 1.54) is 0 Å². The van der Waals surface area contributed by atoms with Gasteiger partial charge in [-0.15, -0.1) is 0 Å². The van der Waals surface area contributed by atoms with Crippen molar-refractivity contribution in [2.45, 2.75) is 32.8 Å². The van der Waals surface area contributed by atoms with Crippen molar-refractivity contribution >= 4 is 29.1 Å². The molecule has 116 valence electrons. The van der Waals surface area contributed by atoms with Crippen molar-refractivity contribution in [2.24, 2.45) is 5.92 Å². The lowest BCUT2D eigenvalue weighted by atomic mass is 9.89. The molecular formula is C15H21ClN2O3. The van der Waals surface area contributed by atoms with Crippen LogP contribution < -0.4 is 10.6 Å². The highest BCUT2D eigenvalue weighted by molar-refractivity contribution is 6.39. The summed E-state index contributed by atoms with van der Waals surface area (Å²) in [5, 5.41) is 15.6.